The lowest BCUT2D eigenvalue weighted by atomic mass is 10.2. The molecule has 1 aromatic carbocycles. The van der Waals surface area contributed by atoms with E-state index in [2.05, 4.69) is 5.32 Å². The maximum absolute atomic E-state index is 11.9. The Kier molecular flexibility index (Phi) is 7.00. The molecule has 0 atom stereocenters. The average molecular weight is 329 g/mol. The molecule has 0 unspecified atom stereocenters. The van der Waals surface area contributed by atoms with Gasteiger partial charge in [0, 0.05) is 25.6 Å². The van der Waals surface area contributed by atoms with Crippen molar-refractivity contribution >= 4 is 21.7 Å². The molecule has 0 aliphatic heterocycles. The van der Waals surface area contributed by atoms with Crippen molar-refractivity contribution < 1.29 is 27.9 Å². The summed E-state index contributed by atoms with van der Waals surface area (Å²) in [6, 6.07) is 5.59. The number of hydrogen-bond donors (Lipinski definition) is 2. The summed E-state index contributed by atoms with van der Waals surface area (Å²) in [5, 5.41) is 11.1. The van der Waals surface area contributed by atoms with Crippen LogP contribution in [0.1, 0.15) is 23.2 Å². The first-order valence-electron chi connectivity index (χ1n) is 6.68. The number of sulfone groups is 1. The second-order valence-corrected chi connectivity index (χ2v) is 6.70. The lowest BCUT2D eigenvalue weighted by Crippen LogP contribution is -2.25. The summed E-state index contributed by atoms with van der Waals surface area (Å²) < 4.78 is 28.6. The first-order valence-corrected chi connectivity index (χ1v) is 8.34. The fourth-order valence-corrected chi connectivity index (χ4v) is 2.84. The van der Waals surface area contributed by atoms with Crippen LogP contribution in [0.3, 0.4) is 0 Å². The molecule has 0 aliphatic rings. The molecule has 0 aromatic heterocycles. The van der Waals surface area contributed by atoms with E-state index >= 15 is 0 Å². The number of carboxylic acids is 1. The highest BCUT2D eigenvalue weighted by Crippen LogP contribution is 2.12. The minimum absolute atomic E-state index is 0.0169. The first kappa shape index (κ1) is 18.1. The van der Waals surface area contributed by atoms with Gasteiger partial charge >= 0.3 is 5.97 Å². The summed E-state index contributed by atoms with van der Waals surface area (Å²) in [7, 11) is -1.99. The molecule has 0 saturated heterocycles. The second-order valence-electron chi connectivity index (χ2n) is 4.59. The Morgan fingerprint density at radius 3 is 2.41 bits per heavy atom. The summed E-state index contributed by atoms with van der Waals surface area (Å²) in [6.45, 7) is 0.354. The maximum Gasteiger partial charge on any atom is 0.303 e. The Hall–Kier alpha value is -1.93. The maximum atomic E-state index is 11.9. The van der Waals surface area contributed by atoms with Crippen LogP contribution in [0.25, 0.3) is 0 Å². The van der Waals surface area contributed by atoms with Gasteiger partial charge in [-0.3, -0.25) is 9.59 Å². The quantitative estimate of drug-likeness (QED) is 0.645. The van der Waals surface area contributed by atoms with E-state index in [0.717, 1.165) is 0 Å². The third-order valence-corrected chi connectivity index (χ3v) is 4.58. The van der Waals surface area contributed by atoms with Gasteiger partial charge < -0.3 is 15.2 Å². The lowest BCUT2D eigenvalue weighted by molar-refractivity contribution is -0.137. The van der Waals surface area contributed by atoms with E-state index in [1.807, 2.05) is 0 Å². The number of benzene rings is 1. The van der Waals surface area contributed by atoms with E-state index in [-0.39, 0.29) is 36.1 Å². The number of carbonyl (C=O) groups is 2. The number of aliphatic carboxylic acids is 1. The highest BCUT2D eigenvalue weighted by molar-refractivity contribution is 7.91. The molecule has 2 N–H and O–H groups in total. The molecule has 0 bridgehead atoms. The van der Waals surface area contributed by atoms with Gasteiger partial charge in [-0.25, -0.2) is 8.42 Å². The van der Waals surface area contributed by atoms with Gasteiger partial charge in [0.1, 0.15) is 0 Å². The largest absolute Gasteiger partial charge is 0.481 e. The van der Waals surface area contributed by atoms with Crippen LogP contribution in [0, 0.1) is 0 Å². The van der Waals surface area contributed by atoms with E-state index in [1.54, 1.807) is 0 Å². The topological polar surface area (TPSA) is 110 Å². The van der Waals surface area contributed by atoms with Crippen molar-refractivity contribution in [1.82, 2.24) is 5.32 Å². The van der Waals surface area contributed by atoms with E-state index in [9.17, 15) is 18.0 Å². The number of carbonyl (C=O) groups excluding carboxylic acids is 1. The van der Waals surface area contributed by atoms with Gasteiger partial charge in [-0.15, -0.1) is 0 Å². The fraction of sp³-hybridized carbons (Fsp3) is 0.429. The van der Waals surface area contributed by atoms with Crippen LogP contribution in [-0.4, -0.2) is 51.4 Å². The molecule has 0 radical (unpaired) electrons. The minimum Gasteiger partial charge on any atom is -0.481 e. The number of ether oxygens (including phenoxy) is 1. The highest BCUT2D eigenvalue weighted by atomic mass is 32.2. The van der Waals surface area contributed by atoms with Crippen LogP contribution in [0.4, 0.5) is 0 Å². The van der Waals surface area contributed by atoms with E-state index < -0.39 is 15.8 Å². The summed E-state index contributed by atoms with van der Waals surface area (Å²) in [4.78, 5) is 22.3. The predicted molar refractivity (Wildman–Crippen MR) is 79.6 cm³/mol. The van der Waals surface area contributed by atoms with Crippen LogP contribution in [0.15, 0.2) is 29.2 Å². The molecule has 0 aliphatic carbocycles. The van der Waals surface area contributed by atoms with Crippen molar-refractivity contribution in [3.8, 4) is 0 Å². The summed E-state index contributed by atoms with van der Waals surface area (Å²) in [5.74, 6) is -1.41. The molecule has 1 aromatic rings. The Labute approximate surface area is 129 Å². The number of amides is 1. The molecule has 1 rings (SSSR count). The fourth-order valence-electron chi connectivity index (χ4n) is 1.67. The van der Waals surface area contributed by atoms with Gasteiger partial charge in [0.05, 0.1) is 17.3 Å². The van der Waals surface area contributed by atoms with Gasteiger partial charge in [0.15, 0.2) is 9.84 Å². The minimum atomic E-state index is -3.42. The van der Waals surface area contributed by atoms with E-state index in [0.29, 0.717) is 12.0 Å². The van der Waals surface area contributed by atoms with Crippen molar-refractivity contribution in [2.45, 2.75) is 17.7 Å². The second kappa shape index (κ2) is 8.50. The van der Waals surface area contributed by atoms with Crippen molar-refractivity contribution in [1.29, 1.82) is 0 Å². The molecular weight excluding hydrogens is 310 g/mol. The molecule has 0 fully saturated rings. The summed E-state index contributed by atoms with van der Waals surface area (Å²) in [6.07, 6.45) is 0.321. The molecule has 8 heteroatoms. The molecule has 22 heavy (non-hydrogen) atoms. The molecule has 0 spiro atoms. The summed E-state index contributed by atoms with van der Waals surface area (Å²) in [5.41, 5.74) is 0.320. The SMILES string of the molecule is COCCS(=O)(=O)c1ccc(C(=O)NCCCC(=O)O)cc1. The highest BCUT2D eigenvalue weighted by Gasteiger charge is 2.15. The van der Waals surface area contributed by atoms with Gasteiger partial charge in [-0.05, 0) is 30.7 Å². The van der Waals surface area contributed by atoms with Crippen LogP contribution in [-0.2, 0) is 19.4 Å². The number of nitrogens with one attached hydrogen (secondary N) is 1. The molecule has 7 nitrogen and oxygen atoms in total. The lowest BCUT2D eigenvalue weighted by Gasteiger charge is -2.06. The van der Waals surface area contributed by atoms with Crippen LogP contribution < -0.4 is 5.32 Å². The first-order chi connectivity index (χ1) is 10.4. The molecule has 1 amide bonds. The summed E-state index contributed by atoms with van der Waals surface area (Å²) >= 11 is 0. The Balaban J connectivity index is 2.60. The van der Waals surface area contributed by atoms with Gasteiger partial charge in [-0.2, -0.15) is 0 Å². The zero-order valence-corrected chi connectivity index (χ0v) is 13.1. The standard InChI is InChI=1S/C14H19NO6S/c1-21-9-10-22(19,20)12-6-4-11(5-7-12)14(18)15-8-2-3-13(16)17/h4-7H,2-3,8-10H2,1H3,(H,15,18)(H,16,17). The monoisotopic (exact) mass is 329 g/mol. The van der Waals surface area contributed by atoms with Gasteiger partial charge in [0.25, 0.3) is 5.91 Å². The molecule has 0 saturated carbocycles. The van der Waals surface area contributed by atoms with Crippen LogP contribution >= 0.6 is 0 Å². The van der Waals surface area contributed by atoms with E-state index in [4.69, 9.17) is 9.84 Å². The number of rotatable bonds is 9. The third kappa shape index (κ3) is 5.82. The number of carboxylic acid groups (broad SMARTS) is 1. The van der Waals surface area contributed by atoms with Crippen LogP contribution in [0.5, 0.6) is 0 Å². The average Bonchev–Trinajstić information content (AvgIpc) is 2.49. The predicted octanol–water partition coefficient (Wildman–Crippen LogP) is 0.701. The van der Waals surface area contributed by atoms with Crippen molar-refractivity contribution in [2.24, 2.45) is 0 Å². The normalized spacial score (nSPS) is 11.1. The van der Waals surface area contributed by atoms with Crippen molar-refractivity contribution in [2.75, 3.05) is 26.0 Å². The third-order valence-electron chi connectivity index (χ3n) is 2.88. The Bertz CT molecular complexity index is 609. The van der Waals surface area contributed by atoms with Crippen LogP contribution in [0.2, 0.25) is 0 Å². The molecule has 0 heterocycles. The Morgan fingerprint density at radius 2 is 1.86 bits per heavy atom. The number of hydrogen-bond acceptors (Lipinski definition) is 5. The molecule has 122 valence electrons. The molecular formula is C14H19NO6S. The van der Waals surface area contributed by atoms with Gasteiger partial charge in [-0.1, -0.05) is 0 Å². The van der Waals surface area contributed by atoms with Crippen molar-refractivity contribution in [3.05, 3.63) is 29.8 Å². The Morgan fingerprint density at radius 1 is 1.23 bits per heavy atom. The zero-order valence-electron chi connectivity index (χ0n) is 12.2. The smallest absolute Gasteiger partial charge is 0.303 e. The zero-order chi connectivity index (χ0) is 16.6. The van der Waals surface area contributed by atoms with Crippen molar-refractivity contribution in [3.63, 3.8) is 0 Å². The van der Waals surface area contributed by atoms with E-state index in [1.165, 1.54) is 31.4 Å². The number of methoxy groups -OCH3 is 1. The van der Waals surface area contributed by atoms with Gasteiger partial charge in [0.2, 0.25) is 0 Å².